The molecule has 8 heteroatoms. The van der Waals surface area contributed by atoms with Gasteiger partial charge in [-0.25, -0.2) is 9.07 Å². The van der Waals surface area contributed by atoms with Crippen molar-refractivity contribution < 1.29 is 14.0 Å². The Labute approximate surface area is 138 Å². The number of piperidine rings is 1. The molecule has 1 aliphatic rings. The zero-order valence-corrected chi connectivity index (χ0v) is 13.3. The van der Waals surface area contributed by atoms with Gasteiger partial charge in [0.1, 0.15) is 17.6 Å². The lowest BCUT2D eigenvalue weighted by molar-refractivity contribution is -0.123. The largest absolute Gasteiger partial charge is 0.351 e. The van der Waals surface area contributed by atoms with E-state index >= 15 is 0 Å². The van der Waals surface area contributed by atoms with Crippen molar-refractivity contribution in [3.05, 3.63) is 42.0 Å². The Balaban J connectivity index is 1.78. The van der Waals surface area contributed by atoms with Crippen LogP contribution in [0.4, 0.5) is 10.1 Å². The number of halogens is 1. The van der Waals surface area contributed by atoms with Gasteiger partial charge in [-0.2, -0.15) is 0 Å². The van der Waals surface area contributed by atoms with E-state index in [1.807, 2.05) is 0 Å². The predicted molar refractivity (Wildman–Crippen MR) is 84.6 cm³/mol. The topological polar surface area (TPSA) is 80.1 Å². The fourth-order valence-electron chi connectivity index (χ4n) is 2.77. The van der Waals surface area contributed by atoms with Crippen LogP contribution in [-0.4, -0.2) is 33.4 Å². The van der Waals surface area contributed by atoms with Crippen molar-refractivity contribution in [1.82, 2.24) is 20.3 Å². The molecule has 0 saturated carbocycles. The molecule has 1 aromatic carbocycles. The molecule has 1 atom stereocenters. The van der Waals surface area contributed by atoms with Crippen molar-refractivity contribution in [2.75, 3.05) is 11.4 Å². The molecule has 126 valence electrons. The number of carbonyl (C=O) groups excluding carboxylic acids is 2. The van der Waals surface area contributed by atoms with Crippen LogP contribution in [0.3, 0.4) is 0 Å². The zero-order valence-electron chi connectivity index (χ0n) is 13.3. The third-order valence-electron chi connectivity index (χ3n) is 3.95. The maximum Gasteiger partial charge on any atom is 0.251 e. The quantitative estimate of drug-likeness (QED) is 0.919. The van der Waals surface area contributed by atoms with Crippen molar-refractivity contribution >= 4 is 17.5 Å². The summed E-state index contributed by atoms with van der Waals surface area (Å²) in [5.41, 5.74) is 0.854. The van der Waals surface area contributed by atoms with Gasteiger partial charge in [-0.05, 0) is 25.0 Å². The Kier molecular flexibility index (Phi) is 4.54. The molecule has 1 fully saturated rings. The smallest absolute Gasteiger partial charge is 0.251 e. The molecule has 2 amide bonds. The summed E-state index contributed by atoms with van der Waals surface area (Å²) in [7, 11) is 0. The second-order valence-electron chi connectivity index (χ2n) is 5.70. The highest BCUT2D eigenvalue weighted by molar-refractivity contribution is 5.96. The van der Waals surface area contributed by atoms with Gasteiger partial charge in [0.2, 0.25) is 5.91 Å². The number of aromatic nitrogens is 3. The van der Waals surface area contributed by atoms with E-state index in [0.29, 0.717) is 18.7 Å². The van der Waals surface area contributed by atoms with Crippen LogP contribution >= 0.6 is 0 Å². The molecule has 24 heavy (non-hydrogen) atoms. The van der Waals surface area contributed by atoms with E-state index in [9.17, 15) is 14.0 Å². The minimum atomic E-state index is -0.517. The molecule has 0 spiro atoms. The first kappa shape index (κ1) is 16.1. The van der Waals surface area contributed by atoms with Crippen molar-refractivity contribution in [2.45, 2.75) is 32.4 Å². The number of benzene rings is 1. The lowest BCUT2D eigenvalue weighted by atomic mass is 10.0. The van der Waals surface area contributed by atoms with Crippen LogP contribution in [0.15, 0.2) is 30.5 Å². The van der Waals surface area contributed by atoms with Crippen LogP contribution in [0.25, 0.3) is 0 Å². The molecule has 1 N–H and O–H groups in total. The summed E-state index contributed by atoms with van der Waals surface area (Å²) in [6.45, 7) is 2.15. The van der Waals surface area contributed by atoms with E-state index in [1.54, 1.807) is 24.4 Å². The number of anilines is 1. The normalized spacial score (nSPS) is 17.8. The maximum atomic E-state index is 14.0. The monoisotopic (exact) mass is 331 g/mol. The first-order valence-corrected chi connectivity index (χ1v) is 7.77. The summed E-state index contributed by atoms with van der Waals surface area (Å²) in [4.78, 5) is 25.2. The first-order valence-electron chi connectivity index (χ1n) is 7.77. The summed E-state index contributed by atoms with van der Waals surface area (Å²) in [6, 6.07) is 5.72. The maximum absolute atomic E-state index is 14.0. The molecule has 0 radical (unpaired) electrons. The van der Waals surface area contributed by atoms with E-state index in [4.69, 9.17) is 0 Å². The van der Waals surface area contributed by atoms with E-state index in [0.717, 1.165) is 6.42 Å². The van der Waals surface area contributed by atoms with E-state index in [2.05, 4.69) is 15.6 Å². The molecule has 2 heterocycles. The molecular formula is C16H18FN5O2. The van der Waals surface area contributed by atoms with E-state index < -0.39 is 11.9 Å². The highest BCUT2D eigenvalue weighted by Gasteiger charge is 2.32. The summed E-state index contributed by atoms with van der Waals surface area (Å²) >= 11 is 0. The molecule has 7 nitrogen and oxygen atoms in total. The number of hydrogen-bond donors (Lipinski definition) is 1. The average Bonchev–Trinajstić information content (AvgIpc) is 3.03. The number of hydrogen-bond acceptors (Lipinski definition) is 4. The molecule has 3 rings (SSSR count). The Morgan fingerprint density at radius 3 is 2.96 bits per heavy atom. The van der Waals surface area contributed by atoms with Gasteiger partial charge < -0.3 is 10.2 Å². The lowest BCUT2D eigenvalue weighted by Crippen LogP contribution is -2.43. The van der Waals surface area contributed by atoms with Gasteiger partial charge in [0.25, 0.3) is 5.91 Å². The molecule has 1 aromatic heterocycles. The van der Waals surface area contributed by atoms with Crippen LogP contribution in [-0.2, 0) is 16.1 Å². The second kappa shape index (κ2) is 6.77. The number of carbonyl (C=O) groups is 2. The van der Waals surface area contributed by atoms with Crippen molar-refractivity contribution in [2.24, 2.45) is 0 Å². The number of amides is 2. The van der Waals surface area contributed by atoms with Gasteiger partial charge in [0, 0.05) is 13.5 Å². The Morgan fingerprint density at radius 2 is 2.21 bits per heavy atom. The summed E-state index contributed by atoms with van der Waals surface area (Å²) in [5, 5.41) is 10.6. The predicted octanol–water partition coefficient (Wildman–Crippen LogP) is 1.42. The molecular weight excluding hydrogens is 313 g/mol. The molecule has 1 saturated heterocycles. The van der Waals surface area contributed by atoms with Crippen LogP contribution < -0.4 is 10.2 Å². The van der Waals surface area contributed by atoms with Crippen LogP contribution in [0.2, 0.25) is 0 Å². The van der Waals surface area contributed by atoms with Crippen LogP contribution in [0.5, 0.6) is 0 Å². The summed E-state index contributed by atoms with van der Waals surface area (Å²) in [5.74, 6) is -0.789. The van der Waals surface area contributed by atoms with Gasteiger partial charge in [0.15, 0.2) is 0 Å². The van der Waals surface area contributed by atoms with E-state index in [-0.39, 0.29) is 24.0 Å². The lowest BCUT2D eigenvalue weighted by Gasteiger charge is -2.32. The van der Waals surface area contributed by atoms with Crippen LogP contribution in [0, 0.1) is 5.82 Å². The number of nitrogens with zero attached hydrogens (tertiary/aromatic N) is 4. The highest BCUT2D eigenvalue weighted by Crippen LogP contribution is 2.28. The minimum Gasteiger partial charge on any atom is -0.351 e. The molecule has 1 aliphatic heterocycles. The van der Waals surface area contributed by atoms with E-state index in [1.165, 1.54) is 22.6 Å². The van der Waals surface area contributed by atoms with Crippen molar-refractivity contribution in [1.29, 1.82) is 0 Å². The third-order valence-corrected chi connectivity index (χ3v) is 3.95. The second-order valence-corrected chi connectivity index (χ2v) is 5.70. The number of nitrogens with one attached hydrogen (secondary N) is 1. The van der Waals surface area contributed by atoms with Crippen LogP contribution in [0.1, 0.15) is 31.5 Å². The number of para-hydroxylation sites is 1. The average molecular weight is 331 g/mol. The fraction of sp³-hybridized carbons (Fsp3) is 0.375. The standard InChI is InChI=1S/C16H18FN5O2/c1-11(23)18-9-12-10-22(20-19-12)15-7-4-8-21(16(15)24)14-6-3-2-5-13(14)17/h2-3,5-6,10,15H,4,7-9H2,1H3,(H,18,23). The Hall–Kier alpha value is -2.77. The summed E-state index contributed by atoms with van der Waals surface area (Å²) < 4.78 is 15.5. The van der Waals surface area contributed by atoms with Crippen molar-refractivity contribution in [3.8, 4) is 0 Å². The van der Waals surface area contributed by atoms with Crippen molar-refractivity contribution in [3.63, 3.8) is 0 Å². The number of rotatable bonds is 4. The molecule has 0 aliphatic carbocycles. The molecule has 0 bridgehead atoms. The van der Waals surface area contributed by atoms with Gasteiger partial charge in [-0.15, -0.1) is 5.10 Å². The van der Waals surface area contributed by atoms with Gasteiger partial charge >= 0.3 is 0 Å². The Morgan fingerprint density at radius 1 is 1.42 bits per heavy atom. The van der Waals surface area contributed by atoms with Gasteiger partial charge in [-0.3, -0.25) is 9.59 Å². The molecule has 1 unspecified atom stereocenters. The third kappa shape index (κ3) is 3.27. The first-order chi connectivity index (χ1) is 11.6. The molecule has 2 aromatic rings. The van der Waals surface area contributed by atoms with Gasteiger partial charge in [0.05, 0.1) is 18.4 Å². The summed E-state index contributed by atoms with van der Waals surface area (Å²) in [6.07, 6.45) is 3.00. The zero-order chi connectivity index (χ0) is 17.1. The Bertz CT molecular complexity index is 760. The van der Waals surface area contributed by atoms with Gasteiger partial charge in [-0.1, -0.05) is 17.3 Å². The highest BCUT2D eigenvalue weighted by atomic mass is 19.1. The SMILES string of the molecule is CC(=O)NCc1cn(C2CCCN(c3ccccc3F)C2=O)nn1. The fourth-order valence-corrected chi connectivity index (χ4v) is 2.77. The minimum absolute atomic E-state index is 0.163.